The monoisotopic (exact) mass is 90.0 g/mol. The highest BCUT2D eigenvalue weighted by atomic mass is 32.2. The van der Waals surface area contributed by atoms with Crippen LogP contribution in [0.1, 0.15) is 0 Å². The molecule has 0 spiro atoms. The predicted molar refractivity (Wildman–Crippen MR) is 20.9 cm³/mol. The third kappa shape index (κ3) is 3.62. The Balaban J connectivity index is 2.93. The van der Waals surface area contributed by atoms with Crippen LogP contribution in [0.3, 0.4) is 0 Å². The van der Waals surface area contributed by atoms with E-state index in [1.54, 1.807) is 0 Å². The van der Waals surface area contributed by atoms with E-state index in [1.165, 1.54) is 0 Å². The maximum atomic E-state index is 7.42. The zero-order chi connectivity index (χ0) is 4.12. The van der Waals surface area contributed by atoms with Crippen molar-refractivity contribution in [1.29, 1.82) is 0 Å². The second kappa shape index (κ2) is 3.62. The third-order valence-corrected chi connectivity index (χ3v) is 0.251. The summed E-state index contributed by atoms with van der Waals surface area (Å²) in [5.41, 5.74) is 7.42. The molecule has 0 aliphatic carbocycles. The molecule has 0 fully saturated rings. The fourth-order valence-electron chi connectivity index (χ4n) is 0.0211. The molecule has 5 heteroatoms. The van der Waals surface area contributed by atoms with E-state index >= 15 is 0 Å². The number of azide groups is 1. The van der Waals surface area contributed by atoms with Gasteiger partial charge in [0.15, 0.2) is 0 Å². The van der Waals surface area contributed by atoms with Gasteiger partial charge in [-0.25, -0.2) is 0 Å². The van der Waals surface area contributed by atoms with Crippen LogP contribution in [0.4, 0.5) is 0 Å². The molecule has 0 rings (SSSR count). The molecule has 28 valence electrons. The van der Waals surface area contributed by atoms with Gasteiger partial charge in [-0.15, -0.1) is 0 Å². The summed E-state index contributed by atoms with van der Waals surface area (Å²) in [6.45, 7) is 0. The second-order valence-corrected chi connectivity index (χ2v) is 0.651. The molecule has 0 unspecified atom stereocenters. The number of nitrogens with two attached hydrogens (primary N) is 1. The van der Waals surface area contributed by atoms with Gasteiger partial charge in [0, 0.05) is 17.0 Å². The van der Waals surface area contributed by atoms with Gasteiger partial charge in [-0.3, -0.25) is 5.14 Å². The molecular formula is H2N4S. The molecule has 2 N–H and O–H groups in total. The smallest absolute Gasteiger partial charge is 0.0127 e. The van der Waals surface area contributed by atoms with Crippen LogP contribution in [0, 0.1) is 0 Å². The molecular weight excluding hydrogens is 88.1 g/mol. The average Bonchev–Trinajstić information content (AvgIpc) is 1.41. The van der Waals surface area contributed by atoms with Gasteiger partial charge in [-0.05, 0) is 10.1 Å². The SMILES string of the molecule is [N-]=[N+]=NSN. The summed E-state index contributed by atoms with van der Waals surface area (Å²) in [4.78, 5) is 2.32. The quantitative estimate of drug-likeness (QED) is 0.224. The lowest BCUT2D eigenvalue weighted by Crippen LogP contribution is -1.63. The van der Waals surface area contributed by atoms with E-state index in [0.717, 1.165) is 0 Å². The van der Waals surface area contributed by atoms with Crippen molar-refractivity contribution < 1.29 is 0 Å². The molecule has 5 heavy (non-hydrogen) atoms. The third-order valence-electron chi connectivity index (χ3n) is 0.0837. The molecule has 4 nitrogen and oxygen atoms in total. The summed E-state index contributed by atoms with van der Waals surface area (Å²) in [6, 6.07) is 0. The zero-order valence-electron chi connectivity index (χ0n) is 2.33. The Labute approximate surface area is 33.2 Å². The molecule has 0 aliphatic rings. The summed E-state index contributed by atoms with van der Waals surface area (Å²) in [6.07, 6.45) is 0. The summed E-state index contributed by atoms with van der Waals surface area (Å²) < 4.78 is 2.85. The van der Waals surface area contributed by atoms with Crippen molar-refractivity contribution in [1.82, 2.24) is 0 Å². The van der Waals surface area contributed by atoms with Gasteiger partial charge in [0.2, 0.25) is 0 Å². The molecule has 0 atom stereocenters. The fourth-order valence-corrected chi connectivity index (χ4v) is 0.0632. The van der Waals surface area contributed by atoms with Gasteiger partial charge < -0.3 is 0 Å². The first-order valence-corrected chi connectivity index (χ1v) is 1.65. The van der Waals surface area contributed by atoms with Crippen LogP contribution < -0.4 is 5.14 Å². The maximum Gasteiger partial charge on any atom is 0.0127 e. The summed E-state index contributed by atoms with van der Waals surface area (Å²) >= 11 is 0.610. The molecule has 0 saturated heterocycles. The number of hydrogen-bond donors (Lipinski definition) is 1. The van der Waals surface area contributed by atoms with Crippen LogP contribution >= 0.6 is 12.1 Å². The first-order chi connectivity index (χ1) is 2.41. The molecule has 0 radical (unpaired) electrons. The average molecular weight is 90.1 g/mol. The first-order valence-electron chi connectivity index (χ1n) is 0.818. The Kier molecular flexibility index (Phi) is 3.34. The summed E-state index contributed by atoms with van der Waals surface area (Å²) in [7, 11) is 0. The van der Waals surface area contributed by atoms with Gasteiger partial charge in [-0.2, -0.15) is 0 Å². The van der Waals surface area contributed by atoms with Crippen molar-refractivity contribution in [3.63, 3.8) is 0 Å². The van der Waals surface area contributed by atoms with Crippen molar-refractivity contribution >= 4 is 12.1 Å². The van der Waals surface area contributed by atoms with Crippen LogP contribution in [0.2, 0.25) is 0 Å². The van der Waals surface area contributed by atoms with E-state index in [1.807, 2.05) is 0 Å². The Morgan fingerprint density at radius 1 is 2.00 bits per heavy atom. The lowest BCUT2D eigenvalue weighted by atomic mass is 13.0. The second-order valence-electron chi connectivity index (χ2n) is 0.277. The summed E-state index contributed by atoms with van der Waals surface area (Å²) in [5.74, 6) is 0. The Morgan fingerprint density at radius 2 is 2.60 bits per heavy atom. The summed E-state index contributed by atoms with van der Waals surface area (Å²) in [5, 5.41) is 4.64. The van der Waals surface area contributed by atoms with Crippen LogP contribution in [0.5, 0.6) is 0 Å². The zero-order valence-corrected chi connectivity index (χ0v) is 3.14. The van der Waals surface area contributed by atoms with Crippen molar-refractivity contribution in [3.8, 4) is 0 Å². The highest BCUT2D eigenvalue weighted by Crippen LogP contribution is 1.82. The van der Waals surface area contributed by atoms with Crippen LogP contribution in [0.15, 0.2) is 4.52 Å². The molecule has 0 aromatic rings. The fraction of sp³-hybridized carbons (Fsp3) is 0. The first kappa shape index (κ1) is 4.62. The topological polar surface area (TPSA) is 74.8 Å². The van der Waals surface area contributed by atoms with Gasteiger partial charge in [0.1, 0.15) is 0 Å². The Bertz CT molecular complexity index is 50.7. The minimum absolute atomic E-state index is 0.610. The number of hydrogen-bond acceptors (Lipinski definition) is 3. The molecule has 0 bridgehead atoms. The van der Waals surface area contributed by atoms with Gasteiger partial charge in [0.25, 0.3) is 0 Å². The normalized spacial score (nSPS) is 5.80. The van der Waals surface area contributed by atoms with E-state index in [4.69, 9.17) is 5.53 Å². The maximum absolute atomic E-state index is 7.42. The molecule has 0 saturated carbocycles. The largest absolute Gasteiger partial charge is 0.272 e. The van der Waals surface area contributed by atoms with Crippen molar-refractivity contribution in [2.75, 3.05) is 0 Å². The lowest BCUT2D eigenvalue weighted by molar-refractivity contribution is 1.77. The van der Waals surface area contributed by atoms with Crippen molar-refractivity contribution in [2.45, 2.75) is 0 Å². The van der Waals surface area contributed by atoms with Crippen molar-refractivity contribution in [3.05, 3.63) is 10.4 Å². The van der Waals surface area contributed by atoms with Gasteiger partial charge in [-0.1, -0.05) is 0 Å². The van der Waals surface area contributed by atoms with Crippen LogP contribution in [-0.2, 0) is 0 Å². The molecule has 0 heterocycles. The molecule has 0 aromatic heterocycles. The minimum atomic E-state index is 0.610. The van der Waals surface area contributed by atoms with Gasteiger partial charge in [0.05, 0.1) is 0 Å². The molecule has 0 aliphatic heterocycles. The van der Waals surface area contributed by atoms with Crippen LogP contribution in [-0.4, -0.2) is 0 Å². The highest BCUT2D eigenvalue weighted by molar-refractivity contribution is 7.95. The molecule has 0 aromatic carbocycles. The van der Waals surface area contributed by atoms with E-state index < -0.39 is 0 Å². The highest BCUT2D eigenvalue weighted by Gasteiger charge is 1.50. The Hall–Kier alpha value is -0.380. The van der Waals surface area contributed by atoms with Crippen LogP contribution in [0.25, 0.3) is 10.4 Å². The number of rotatable bonds is 1. The Morgan fingerprint density at radius 3 is 2.60 bits per heavy atom. The minimum Gasteiger partial charge on any atom is -0.272 e. The van der Waals surface area contributed by atoms with E-state index in [2.05, 4.69) is 14.6 Å². The number of nitrogens with zero attached hydrogens (tertiary/aromatic N) is 3. The van der Waals surface area contributed by atoms with E-state index in [-0.39, 0.29) is 0 Å². The van der Waals surface area contributed by atoms with Gasteiger partial charge >= 0.3 is 0 Å². The molecule has 0 amide bonds. The van der Waals surface area contributed by atoms with E-state index in [9.17, 15) is 0 Å². The van der Waals surface area contributed by atoms with Crippen molar-refractivity contribution in [2.24, 2.45) is 9.66 Å². The standard InChI is InChI=1S/H2N4S/c1-3-4-5-2/h2H2. The predicted octanol–water partition coefficient (Wildman–Crippen LogP) is 0.819. The lowest BCUT2D eigenvalue weighted by Gasteiger charge is -1.59. The van der Waals surface area contributed by atoms with E-state index in [0.29, 0.717) is 12.1 Å².